The smallest absolute Gasteiger partial charge is 0.419 e. The minimum atomic E-state index is -0.448. The standard InChI is InChI=1S/C17H14N2O5/c1-19-12-6-5-10(9-14(12)24-17(19)21)18-16(20)11-3-2-4-13-15(11)23-8-7-22-13/h2-6,9H,7-8H2,1H3,(H,18,20). The van der Waals surface area contributed by atoms with Gasteiger partial charge in [-0.05, 0) is 24.3 Å². The van der Waals surface area contributed by atoms with Crippen molar-refractivity contribution in [2.75, 3.05) is 18.5 Å². The lowest BCUT2D eigenvalue weighted by molar-refractivity contribution is 0.101. The Morgan fingerprint density at radius 1 is 1.17 bits per heavy atom. The number of carbonyl (C=O) groups excluding carboxylic acids is 1. The number of nitrogens with one attached hydrogen (secondary N) is 1. The molecule has 24 heavy (non-hydrogen) atoms. The molecular formula is C17H14N2O5. The fourth-order valence-corrected chi connectivity index (χ4v) is 2.66. The number of hydrogen-bond acceptors (Lipinski definition) is 5. The highest BCUT2D eigenvalue weighted by Gasteiger charge is 2.20. The molecule has 1 aliphatic rings. The van der Waals surface area contributed by atoms with E-state index in [9.17, 15) is 9.59 Å². The van der Waals surface area contributed by atoms with E-state index in [-0.39, 0.29) is 5.91 Å². The minimum Gasteiger partial charge on any atom is -0.486 e. The fraction of sp³-hybridized carbons (Fsp3) is 0.176. The maximum Gasteiger partial charge on any atom is 0.419 e. The van der Waals surface area contributed by atoms with E-state index in [0.717, 1.165) is 0 Å². The zero-order chi connectivity index (χ0) is 16.7. The van der Waals surface area contributed by atoms with Crippen LogP contribution in [0.2, 0.25) is 0 Å². The van der Waals surface area contributed by atoms with Crippen LogP contribution < -0.4 is 20.5 Å². The molecule has 7 heteroatoms. The first-order valence-corrected chi connectivity index (χ1v) is 7.43. The Kier molecular flexibility index (Phi) is 3.26. The number of aromatic nitrogens is 1. The third kappa shape index (κ3) is 2.30. The Balaban J connectivity index is 1.66. The van der Waals surface area contributed by atoms with Crippen LogP contribution in [0.4, 0.5) is 5.69 Å². The number of nitrogens with zero attached hydrogens (tertiary/aromatic N) is 1. The minimum absolute atomic E-state index is 0.324. The lowest BCUT2D eigenvalue weighted by Crippen LogP contribution is -2.20. The molecule has 0 saturated heterocycles. The quantitative estimate of drug-likeness (QED) is 0.780. The van der Waals surface area contributed by atoms with Gasteiger partial charge in [0.05, 0.1) is 11.1 Å². The van der Waals surface area contributed by atoms with Crippen LogP contribution in [-0.4, -0.2) is 23.7 Å². The molecule has 1 aliphatic heterocycles. The van der Waals surface area contributed by atoms with E-state index in [1.165, 1.54) is 4.57 Å². The number of fused-ring (bicyclic) bond motifs is 2. The Morgan fingerprint density at radius 3 is 2.88 bits per heavy atom. The molecule has 7 nitrogen and oxygen atoms in total. The summed E-state index contributed by atoms with van der Waals surface area (Å²) in [6, 6.07) is 10.2. The highest BCUT2D eigenvalue weighted by Crippen LogP contribution is 2.34. The Bertz CT molecular complexity index is 1000. The van der Waals surface area contributed by atoms with Crippen molar-refractivity contribution in [3.63, 3.8) is 0 Å². The second kappa shape index (κ2) is 5.45. The maximum atomic E-state index is 12.6. The fourth-order valence-electron chi connectivity index (χ4n) is 2.66. The monoisotopic (exact) mass is 326 g/mol. The normalized spacial score (nSPS) is 13.0. The molecule has 0 saturated carbocycles. The van der Waals surface area contributed by atoms with Gasteiger partial charge in [0.15, 0.2) is 17.1 Å². The molecule has 3 aromatic rings. The van der Waals surface area contributed by atoms with E-state index in [1.54, 1.807) is 43.4 Å². The molecule has 4 rings (SSSR count). The molecule has 1 amide bonds. The van der Waals surface area contributed by atoms with Gasteiger partial charge in [-0.25, -0.2) is 4.79 Å². The average Bonchev–Trinajstić information content (AvgIpc) is 2.88. The number of benzene rings is 2. The van der Waals surface area contributed by atoms with Gasteiger partial charge in [-0.1, -0.05) is 6.07 Å². The molecule has 0 aliphatic carbocycles. The number of para-hydroxylation sites is 1. The molecule has 0 unspecified atom stereocenters. The molecule has 0 radical (unpaired) electrons. The number of anilines is 1. The van der Waals surface area contributed by atoms with E-state index in [4.69, 9.17) is 13.9 Å². The number of hydrogen-bond donors (Lipinski definition) is 1. The van der Waals surface area contributed by atoms with Gasteiger partial charge in [0.2, 0.25) is 0 Å². The molecule has 0 spiro atoms. The van der Waals surface area contributed by atoms with Crippen LogP contribution in [0.5, 0.6) is 11.5 Å². The van der Waals surface area contributed by atoms with Gasteiger partial charge in [-0.15, -0.1) is 0 Å². The van der Waals surface area contributed by atoms with Crippen LogP contribution in [0.3, 0.4) is 0 Å². The third-order valence-corrected chi connectivity index (χ3v) is 3.86. The number of carbonyl (C=O) groups is 1. The van der Waals surface area contributed by atoms with Crippen LogP contribution in [0.25, 0.3) is 11.1 Å². The summed E-state index contributed by atoms with van der Waals surface area (Å²) in [5, 5.41) is 2.78. The molecule has 2 aromatic carbocycles. The maximum absolute atomic E-state index is 12.6. The Labute approximate surface area is 136 Å². The summed E-state index contributed by atoms with van der Waals surface area (Å²) < 4.78 is 17.6. The van der Waals surface area contributed by atoms with Gasteiger partial charge in [0.25, 0.3) is 5.91 Å². The van der Waals surface area contributed by atoms with Crippen molar-refractivity contribution in [3.8, 4) is 11.5 Å². The van der Waals surface area contributed by atoms with Crippen LogP contribution in [0.1, 0.15) is 10.4 Å². The molecule has 122 valence electrons. The Morgan fingerprint density at radius 2 is 2.00 bits per heavy atom. The van der Waals surface area contributed by atoms with E-state index in [0.29, 0.717) is 47.1 Å². The van der Waals surface area contributed by atoms with E-state index < -0.39 is 5.76 Å². The number of aryl methyl sites for hydroxylation is 1. The van der Waals surface area contributed by atoms with Crippen molar-refractivity contribution in [3.05, 3.63) is 52.5 Å². The Hall–Kier alpha value is -3.22. The molecule has 1 N–H and O–H groups in total. The molecule has 0 atom stereocenters. The van der Waals surface area contributed by atoms with Crippen molar-refractivity contribution in [2.24, 2.45) is 7.05 Å². The van der Waals surface area contributed by atoms with Crippen LogP contribution >= 0.6 is 0 Å². The van der Waals surface area contributed by atoms with Crippen molar-refractivity contribution in [2.45, 2.75) is 0 Å². The summed E-state index contributed by atoms with van der Waals surface area (Å²) in [7, 11) is 1.63. The number of ether oxygens (including phenoxy) is 2. The first kappa shape index (κ1) is 14.4. The van der Waals surface area contributed by atoms with Gasteiger partial charge in [0.1, 0.15) is 13.2 Å². The van der Waals surface area contributed by atoms with Gasteiger partial charge >= 0.3 is 5.76 Å². The summed E-state index contributed by atoms with van der Waals surface area (Å²) >= 11 is 0. The topological polar surface area (TPSA) is 82.7 Å². The van der Waals surface area contributed by atoms with Crippen LogP contribution in [0.15, 0.2) is 45.6 Å². The highest BCUT2D eigenvalue weighted by atomic mass is 16.6. The van der Waals surface area contributed by atoms with Crippen molar-refractivity contribution >= 4 is 22.7 Å². The number of rotatable bonds is 2. The zero-order valence-corrected chi connectivity index (χ0v) is 12.9. The lowest BCUT2D eigenvalue weighted by Gasteiger charge is -2.20. The predicted octanol–water partition coefficient (Wildman–Crippen LogP) is 2.16. The van der Waals surface area contributed by atoms with E-state index in [2.05, 4.69) is 5.32 Å². The molecule has 2 heterocycles. The number of amides is 1. The van der Waals surface area contributed by atoms with E-state index in [1.807, 2.05) is 0 Å². The van der Waals surface area contributed by atoms with Crippen molar-refractivity contribution in [1.29, 1.82) is 0 Å². The first-order valence-electron chi connectivity index (χ1n) is 7.43. The summed E-state index contributed by atoms with van der Waals surface area (Å²) in [6.45, 7) is 0.861. The van der Waals surface area contributed by atoms with E-state index >= 15 is 0 Å². The summed E-state index contributed by atoms with van der Waals surface area (Å²) in [5.41, 5.74) is 1.99. The van der Waals surface area contributed by atoms with Crippen molar-refractivity contribution < 1.29 is 18.7 Å². The SMILES string of the molecule is Cn1c(=O)oc2cc(NC(=O)c3cccc4c3OCCO4)ccc21. The first-order chi connectivity index (χ1) is 11.6. The third-order valence-electron chi connectivity index (χ3n) is 3.86. The largest absolute Gasteiger partial charge is 0.486 e. The average molecular weight is 326 g/mol. The molecule has 0 bridgehead atoms. The second-order valence-corrected chi connectivity index (χ2v) is 5.39. The van der Waals surface area contributed by atoms with Crippen LogP contribution in [0, 0.1) is 0 Å². The predicted molar refractivity (Wildman–Crippen MR) is 86.8 cm³/mol. The summed E-state index contributed by atoms with van der Waals surface area (Å²) in [5.74, 6) is 0.220. The second-order valence-electron chi connectivity index (χ2n) is 5.39. The summed E-state index contributed by atoms with van der Waals surface area (Å²) in [4.78, 5) is 24.1. The van der Waals surface area contributed by atoms with Gasteiger partial charge in [0, 0.05) is 18.8 Å². The van der Waals surface area contributed by atoms with Gasteiger partial charge in [-0.3, -0.25) is 9.36 Å². The molecule has 0 fully saturated rings. The lowest BCUT2D eigenvalue weighted by atomic mass is 10.1. The summed E-state index contributed by atoms with van der Waals surface area (Å²) in [6.07, 6.45) is 0. The highest BCUT2D eigenvalue weighted by molar-refractivity contribution is 6.07. The van der Waals surface area contributed by atoms with Crippen LogP contribution in [-0.2, 0) is 7.05 Å². The molecular weight excluding hydrogens is 312 g/mol. The van der Waals surface area contributed by atoms with Gasteiger partial charge in [-0.2, -0.15) is 0 Å². The van der Waals surface area contributed by atoms with Crippen molar-refractivity contribution in [1.82, 2.24) is 4.57 Å². The van der Waals surface area contributed by atoms with Gasteiger partial charge < -0.3 is 19.2 Å². The molecule has 1 aromatic heterocycles. The number of oxazole rings is 1. The zero-order valence-electron chi connectivity index (χ0n) is 12.9.